The van der Waals surface area contributed by atoms with Crippen molar-refractivity contribution in [3.05, 3.63) is 69.7 Å². The molecule has 0 radical (unpaired) electrons. The quantitative estimate of drug-likeness (QED) is 0.569. The summed E-state index contributed by atoms with van der Waals surface area (Å²) >= 11 is 12.5. The van der Waals surface area contributed by atoms with Crippen LogP contribution in [0.25, 0.3) is 0 Å². The van der Waals surface area contributed by atoms with Gasteiger partial charge < -0.3 is 15.1 Å². The first-order valence-electron chi connectivity index (χ1n) is 10.9. The van der Waals surface area contributed by atoms with Gasteiger partial charge in [0.1, 0.15) is 0 Å². The molecule has 1 aliphatic heterocycles. The Labute approximate surface area is 197 Å². The van der Waals surface area contributed by atoms with Gasteiger partial charge >= 0.3 is 5.97 Å². The second-order valence-corrected chi connectivity index (χ2v) is 10.2. The number of hydrogen-bond acceptors (Lipinski definition) is 3. The average molecular weight is 476 g/mol. The number of carbonyl (C=O) groups excluding carboxylic acids is 1. The molecule has 0 aromatic heterocycles. The van der Waals surface area contributed by atoms with Crippen LogP contribution in [-0.2, 0) is 9.59 Å². The summed E-state index contributed by atoms with van der Waals surface area (Å²) in [7, 11) is 0. The zero-order chi connectivity index (χ0) is 23.0. The molecule has 5 nitrogen and oxygen atoms in total. The number of aliphatic carboxylic acids is 1. The van der Waals surface area contributed by atoms with E-state index >= 15 is 0 Å². The van der Waals surface area contributed by atoms with Crippen molar-refractivity contribution in [2.45, 2.75) is 50.6 Å². The van der Waals surface area contributed by atoms with Crippen LogP contribution in [-0.4, -0.2) is 39.6 Å². The molecule has 1 saturated heterocycles. The van der Waals surface area contributed by atoms with E-state index in [1.54, 1.807) is 30.0 Å². The van der Waals surface area contributed by atoms with Crippen molar-refractivity contribution in [2.75, 3.05) is 6.61 Å². The highest BCUT2D eigenvalue weighted by Crippen LogP contribution is 2.53. The molecule has 0 spiro atoms. The monoisotopic (exact) mass is 475 g/mol. The number of benzene rings is 2. The lowest BCUT2D eigenvalue weighted by Gasteiger charge is -2.51. The molecule has 1 aliphatic carbocycles. The Balaban J connectivity index is 1.89. The minimum absolute atomic E-state index is 0.161. The predicted molar refractivity (Wildman–Crippen MR) is 124 cm³/mol. The van der Waals surface area contributed by atoms with Crippen LogP contribution < -0.4 is 0 Å². The fourth-order valence-electron chi connectivity index (χ4n) is 5.19. The summed E-state index contributed by atoms with van der Waals surface area (Å²) in [6.07, 6.45) is 1.99. The van der Waals surface area contributed by atoms with Crippen LogP contribution in [0.15, 0.2) is 48.5 Å². The number of carbonyl (C=O) groups is 2. The van der Waals surface area contributed by atoms with Gasteiger partial charge in [0.15, 0.2) is 0 Å². The molecule has 1 heterocycles. The van der Waals surface area contributed by atoms with E-state index in [0.717, 1.165) is 24.0 Å². The van der Waals surface area contributed by atoms with Crippen LogP contribution >= 0.6 is 23.2 Å². The van der Waals surface area contributed by atoms with Crippen LogP contribution in [0.1, 0.15) is 55.7 Å². The van der Waals surface area contributed by atoms with Gasteiger partial charge in [0.25, 0.3) is 0 Å². The number of likely N-dealkylation sites (tertiary alicyclic amines) is 1. The molecule has 4 atom stereocenters. The standard InChI is InChI=1S/C25H27Cl2NO4/c1-25(13-22(30)31)12-20(17-3-2-4-19(27)11-17)23(16-7-9-18(26)10-8-16)28(24(25)32)21(14-29)15-5-6-15/h2-4,7-11,15,20-21,23,29H,5-6,12-14H2,1H3,(H,30,31)/t20-,21?,23-,25-/m1/s1. The first-order chi connectivity index (χ1) is 15.2. The van der Waals surface area contributed by atoms with Crippen molar-refractivity contribution in [2.24, 2.45) is 11.3 Å². The zero-order valence-corrected chi connectivity index (χ0v) is 19.4. The van der Waals surface area contributed by atoms with Gasteiger partial charge in [-0.2, -0.15) is 0 Å². The molecule has 32 heavy (non-hydrogen) atoms. The number of aliphatic hydroxyl groups is 1. The number of rotatable bonds is 7. The van der Waals surface area contributed by atoms with Crippen LogP contribution in [0.4, 0.5) is 0 Å². The number of amides is 1. The number of nitrogens with zero attached hydrogens (tertiary/aromatic N) is 1. The Bertz CT molecular complexity index is 1010. The van der Waals surface area contributed by atoms with Gasteiger partial charge in [-0.1, -0.05) is 54.4 Å². The van der Waals surface area contributed by atoms with E-state index in [2.05, 4.69) is 0 Å². The molecular weight excluding hydrogens is 449 g/mol. The third kappa shape index (κ3) is 4.52. The minimum Gasteiger partial charge on any atom is -0.481 e. The third-order valence-corrected chi connectivity index (χ3v) is 7.33. The predicted octanol–water partition coefficient (Wildman–Crippen LogP) is 5.30. The number of halogens is 2. The van der Waals surface area contributed by atoms with E-state index in [0.29, 0.717) is 16.5 Å². The highest BCUT2D eigenvalue weighted by molar-refractivity contribution is 6.30. The molecule has 1 saturated carbocycles. The van der Waals surface area contributed by atoms with E-state index in [9.17, 15) is 19.8 Å². The van der Waals surface area contributed by atoms with Crippen LogP contribution in [0.3, 0.4) is 0 Å². The summed E-state index contributed by atoms with van der Waals surface area (Å²) in [5, 5.41) is 21.1. The van der Waals surface area contributed by atoms with Gasteiger partial charge in [0, 0.05) is 16.0 Å². The van der Waals surface area contributed by atoms with Gasteiger partial charge in [-0.05, 0) is 60.6 Å². The number of carboxylic acids is 1. The molecule has 0 bridgehead atoms. The summed E-state index contributed by atoms with van der Waals surface area (Å²) in [5.74, 6) is -1.21. The molecule has 1 amide bonds. The second kappa shape index (κ2) is 9.05. The number of carboxylic acid groups (broad SMARTS) is 1. The summed E-state index contributed by atoms with van der Waals surface area (Å²) in [6, 6.07) is 14.2. The van der Waals surface area contributed by atoms with E-state index in [4.69, 9.17) is 23.2 Å². The molecule has 1 unspecified atom stereocenters. The van der Waals surface area contributed by atoms with Crippen molar-refractivity contribution >= 4 is 35.1 Å². The second-order valence-electron chi connectivity index (χ2n) is 9.29. The summed E-state index contributed by atoms with van der Waals surface area (Å²) in [4.78, 5) is 27.4. The van der Waals surface area contributed by atoms with Crippen molar-refractivity contribution in [3.63, 3.8) is 0 Å². The van der Waals surface area contributed by atoms with Gasteiger partial charge in [0.05, 0.1) is 30.5 Å². The highest BCUT2D eigenvalue weighted by Gasteiger charge is 2.54. The fraction of sp³-hybridized carbons (Fsp3) is 0.440. The molecule has 2 aliphatic rings. The van der Waals surface area contributed by atoms with E-state index in [1.165, 1.54) is 0 Å². The van der Waals surface area contributed by atoms with E-state index < -0.39 is 11.4 Å². The number of piperidine rings is 1. The maximum Gasteiger partial charge on any atom is 0.304 e. The summed E-state index contributed by atoms with van der Waals surface area (Å²) in [5.41, 5.74) is 0.757. The molecule has 7 heteroatoms. The fourth-order valence-corrected chi connectivity index (χ4v) is 5.51. The smallest absolute Gasteiger partial charge is 0.304 e. The minimum atomic E-state index is -1.09. The SMILES string of the molecule is C[C@]1(CC(=O)O)C[C@H](c2cccc(Cl)c2)[C@@H](c2ccc(Cl)cc2)N(C(CO)C2CC2)C1=O. The van der Waals surface area contributed by atoms with Crippen LogP contribution in [0.2, 0.25) is 10.0 Å². The van der Waals surface area contributed by atoms with Gasteiger partial charge in [0.2, 0.25) is 5.91 Å². The van der Waals surface area contributed by atoms with E-state index in [-0.39, 0.29) is 42.9 Å². The highest BCUT2D eigenvalue weighted by atomic mass is 35.5. The molecule has 2 N–H and O–H groups in total. The summed E-state index contributed by atoms with van der Waals surface area (Å²) in [6.45, 7) is 1.57. The average Bonchev–Trinajstić information content (AvgIpc) is 3.57. The van der Waals surface area contributed by atoms with Gasteiger partial charge in [-0.25, -0.2) is 0 Å². The molecule has 2 aromatic carbocycles. The topological polar surface area (TPSA) is 77.8 Å². The van der Waals surface area contributed by atoms with Crippen molar-refractivity contribution in [3.8, 4) is 0 Å². The summed E-state index contributed by atoms with van der Waals surface area (Å²) < 4.78 is 0. The molecule has 2 fully saturated rings. The number of aliphatic hydroxyl groups excluding tert-OH is 1. The Morgan fingerprint density at radius 2 is 1.81 bits per heavy atom. The maximum absolute atomic E-state index is 13.9. The first kappa shape index (κ1) is 23.1. The van der Waals surface area contributed by atoms with E-state index in [1.807, 2.05) is 30.3 Å². The third-order valence-electron chi connectivity index (χ3n) is 6.84. The Morgan fingerprint density at radius 1 is 1.12 bits per heavy atom. The van der Waals surface area contributed by atoms with Crippen LogP contribution in [0, 0.1) is 11.3 Å². The molecular formula is C25H27Cl2NO4. The Kier molecular flexibility index (Phi) is 6.53. The van der Waals surface area contributed by atoms with Crippen molar-refractivity contribution < 1.29 is 19.8 Å². The Hall–Kier alpha value is -2.08. The lowest BCUT2D eigenvalue weighted by atomic mass is 9.67. The van der Waals surface area contributed by atoms with Crippen molar-refractivity contribution in [1.82, 2.24) is 4.90 Å². The largest absolute Gasteiger partial charge is 0.481 e. The lowest BCUT2D eigenvalue weighted by molar-refractivity contribution is -0.162. The zero-order valence-electron chi connectivity index (χ0n) is 17.9. The Morgan fingerprint density at radius 3 is 2.38 bits per heavy atom. The van der Waals surface area contributed by atoms with Crippen molar-refractivity contribution in [1.29, 1.82) is 0 Å². The molecule has 4 rings (SSSR count). The lowest BCUT2D eigenvalue weighted by Crippen LogP contribution is -2.57. The normalized spacial score (nSPS) is 26.8. The maximum atomic E-state index is 13.9. The molecule has 170 valence electrons. The van der Waals surface area contributed by atoms with Gasteiger partial charge in [-0.3, -0.25) is 9.59 Å². The van der Waals surface area contributed by atoms with Gasteiger partial charge in [-0.15, -0.1) is 0 Å². The number of hydrogen-bond donors (Lipinski definition) is 2. The first-order valence-corrected chi connectivity index (χ1v) is 11.7. The van der Waals surface area contributed by atoms with Crippen LogP contribution in [0.5, 0.6) is 0 Å². The molecule has 2 aromatic rings.